The fraction of sp³-hybridized carbons (Fsp3) is 0.286. The van der Waals surface area contributed by atoms with Crippen molar-refractivity contribution in [3.05, 3.63) is 35.5 Å². The van der Waals surface area contributed by atoms with Gasteiger partial charge in [-0.05, 0) is 31.5 Å². The van der Waals surface area contributed by atoms with Gasteiger partial charge in [0.05, 0.1) is 6.42 Å². The van der Waals surface area contributed by atoms with Crippen LogP contribution < -0.4 is 5.32 Å². The number of benzene rings is 1. The maximum Gasteiger partial charge on any atom is 0.325 e. The summed E-state index contributed by atoms with van der Waals surface area (Å²) in [6.07, 6.45) is 1.95. The Morgan fingerprint density at radius 1 is 1.42 bits per heavy atom. The third kappa shape index (κ3) is 2.93. The van der Waals surface area contributed by atoms with E-state index in [9.17, 15) is 9.59 Å². The molecule has 100 valence electrons. The van der Waals surface area contributed by atoms with E-state index in [0.717, 1.165) is 22.0 Å². The van der Waals surface area contributed by atoms with Crippen LogP contribution in [0.1, 0.15) is 18.1 Å². The number of H-pyrrole nitrogens is 1. The number of carbonyl (C=O) groups excluding carboxylic acids is 1. The molecule has 1 amide bonds. The first-order chi connectivity index (χ1) is 8.97. The van der Waals surface area contributed by atoms with E-state index in [1.54, 1.807) is 6.20 Å². The fourth-order valence-electron chi connectivity index (χ4n) is 1.97. The molecule has 0 spiro atoms. The highest BCUT2D eigenvalue weighted by Crippen LogP contribution is 2.20. The maximum absolute atomic E-state index is 11.8. The van der Waals surface area contributed by atoms with Crippen molar-refractivity contribution < 1.29 is 14.7 Å². The molecule has 1 atom stereocenters. The topological polar surface area (TPSA) is 82.2 Å². The molecule has 0 saturated heterocycles. The van der Waals surface area contributed by atoms with Crippen LogP contribution in [0.5, 0.6) is 0 Å². The Kier molecular flexibility index (Phi) is 3.55. The summed E-state index contributed by atoms with van der Waals surface area (Å²) in [6, 6.07) is 5.09. The molecule has 1 aromatic heterocycles. The SMILES string of the molecule is Cc1ccc2[nH]cc(CC(=O)N[C@@H](C)C(=O)O)c2c1. The zero-order valence-corrected chi connectivity index (χ0v) is 10.9. The average molecular weight is 260 g/mol. The van der Waals surface area contributed by atoms with Crippen molar-refractivity contribution in [2.45, 2.75) is 26.3 Å². The van der Waals surface area contributed by atoms with E-state index in [4.69, 9.17) is 5.11 Å². The van der Waals surface area contributed by atoms with Crippen molar-refractivity contribution in [1.82, 2.24) is 10.3 Å². The van der Waals surface area contributed by atoms with Crippen LogP contribution in [0.15, 0.2) is 24.4 Å². The van der Waals surface area contributed by atoms with Crippen LogP contribution in [0.25, 0.3) is 10.9 Å². The molecule has 2 rings (SSSR count). The summed E-state index contributed by atoms with van der Waals surface area (Å²) in [4.78, 5) is 25.5. The lowest BCUT2D eigenvalue weighted by molar-refractivity contribution is -0.141. The maximum atomic E-state index is 11.8. The van der Waals surface area contributed by atoms with Gasteiger partial charge < -0.3 is 15.4 Å². The molecule has 1 heterocycles. The van der Waals surface area contributed by atoms with E-state index in [2.05, 4.69) is 10.3 Å². The van der Waals surface area contributed by atoms with Crippen LogP contribution in [0, 0.1) is 6.92 Å². The summed E-state index contributed by atoms with van der Waals surface area (Å²) in [6.45, 7) is 3.43. The highest BCUT2D eigenvalue weighted by atomic mass is 16.4. The number of carboxylic acid groups (broad SMARTS) is 1. The Bertz CT molecular complexity index is 631. The highest BCUT2D eigenvalue weighted by Gasteiger charge is 2.15. The zero-order chi connectivity index (χ0) is 14.0. The summed E-state index contributed by atoms with van der Waals surface area (Å²) in [5.74, 6) is -1.33. The number of carboxylic acids is 1. The quantitative estimate of drug-likeness (QED) is 0.781. The number of carbonyl (C=O) groups is 2. The number of nitrogens with one attached hydrogen (secondary N) is 2. The number of amides is 1. The average Bonchev–Trinajstić information content (AvgIpc) is 2.71. The predicted octanol–water partition coefficient (Wildman–Crippen LogP) is 1.61. The molecular weight excluding hydrogens is 244 g/mol. The Morgan fingerprint density at radius 3 is 2.84 bits per heavy atom. The lowest BCUT2D eigenvalue weighted by Gasteiger charge is -2.08. The van der Waals surface area contributed by atoms with Gasteiger partial charge in [-0.25, -0.2) is 0 Å². The van der Waals surface area contributed by atoms with Gasteiger partial charge in [0.25, 0.3) is 0 Å². The predicted molar refractivity (Wildman–Crippen MR) is 72.0 cm³/mol. The third-order valence-electron chi connectivity index (χ3n) is 3.02. The first-order valence-electron chi connectivity index (χ1n) is 6.06. The number of fused-ring (bicyclic) bond motifs is 1. The molecule has 0 bridgehead atoms. The molecule has 0 fully saturated rings. The van der Waals surface area contributed by atoms with E-state index in [-0.39, 0.29) is 12.3 Å². The molecule has 0 aliphatic carbocycles. The van der Waals surface area contributed by atoms with Crippen LogP contribution in [-0.2, 0) is 16.0 Å². The summed E-state index contributed by atoms with van der Waals surface area (Å²) in [5, 5.41) is 12.2. The summed E-state index contributed by atoms with van der Waals surface area (Å²) < 4.78 is 0. The second-order valence-corrected chi connectivity index (χ2v) is 4.67. The van der Waals surface area contributed by atoms with E-state index in [1.807, 2.05) is 25.1 Å². The summed E-state index contributed by atoms with van der Waals surface area (Å²) >= 11 is 0. The molecule has 2 aromatic rings. The standard InChI is InChI=1S/C14H16N2O3/c1-8-3-4-12-11(5-8)10(7-15-12)6-13(17)16-9(2)14(18)19/h3-5,7,9,15H,6H2,1-2H3,(H,16,17)(H,18,19)/t9-/m0/s1. The van der Waals surface area contributed by atoms with Gasteiger partial charge in [0.15, 0.2) is 0 Å². The lowest BCUT2D eigenvalue weighted by Crippen LogP contribution is -2.39. The largest absolute Gasteiger partial charge is 0.480 e. The number of hydrogen-bond donors (Lipinski definition) is 3. The van der Waals surface area contributed by atoms with Crippen molar-refractivity contribution in [3.63, 3.8) is 0 Å². The second kappa shape index (κ2) is 5.14. The Hall–Kier alpha value is -2.30. The minimum Gasteiger partial charge on any atom is -0.480 e. The Morgan fingerprint density at radius 2 is 2.16 bits per heavy atom. The van der Waals surface area contributed by atoms with Crippen molar-refractivity contribution >= 4 is 22.8 Å². The fourth-order valence-corrected chi connectivity index (χ4v) is 1.97. The van der Waals surface area contributed by atoms with Gasteiger partial charge in [-0.2, -0.15) is 0 Å². The zero-order valence-electron chi connectivity index (χ0n) is 10.9. The van der Waals surface area contributed by atoms with Crippen molar-refractivity contribution in [3.8, 4) is 0 Å². The smallest absolute Gasteiger partial charge is 0.325 e. The summed E-state index contributed by atoms with van der Waals surface area (Å²) in [7, 11) is 0. The Labute approximate surface area is 110 Å². The van der Waals surface area contributed by atoms with E-state index < -0.39 is 12.0 Å². The number of hydrogen-bond acceptors (Lipinski definition) is 2. The molecule has 5 nitrogen and oxygen atoms in total. The van der Waals surface area contributed by atoms with Crippen LogP contribution in [-0.4, -0.2) is 28.0 Å². The molecule has 0 unspecified atom stereocenters. The van der Waals surface area contributed by atoms with E-state index >= 15 is 0 Å². The van der Waals surface area contributed by atoms with Gasteiger partial charge >= 0.3 is 5.97 Å². The number of rotatable bonds is 4. The normalized spacial score (nSPS) is 12.3. The number of aliphatic carboxylic acids is 1. The molecule has 0 aliphatic heterocycles. The van der Waals surface area contributed by atoms with E-state index in [0.29, 0.717) is 0 Å². The minimum atomic E-state index is -1.04. The molecule has 5 heteroatoms. The molecular formula is C14H16N2O3. The van der Waals surface area contributed by atoms with Crippen LogP contribution in [0.3, 0.4) is 0 Å². The molecule has 0 saturated carbocycles. The summed E-state index contributed by atoms with van der Waals surface area (Å²) in [5.41, 5.74) is 2.96. The van der Waals surface area contributed by atoms with Gasteiger partial charge in [-0.1, -0.05) is 11.6 Å². The molecule has 1 aromatic carbocycles. The lowest BCUT2D eigenvalue weighted by atomic mass is 10.1. The van der Waals surface area contributed by atoms with Crippen molar-refractivity contribution in [2.24, 2.45) is 0 Å². The number of aryl methyl sites for hydroxylation is 1. The van der Waals surface area contributed by atoms with Gasteiger partial charge in [-0.15, -0.1) is 0 Å². The Balaban J connectivity index is 2.15. The van der Waals surface area contributed by atoms with Gasteiger partial charge in [0.1, 0.15) is 6.04 Å². The van der Waals surface area contributed by atoms with Crippen molar-refractivity contribution in [1.29, 1.82) is 0 Å². The molecule has 0 aliphatic rings. The number of aromatic amines is 1. The van der Waals surface area contributed by atoms with Crippen LogP contribution in [0.4, 0.5) is 0 Å². The van der Waals surface area contributed by atoms with Crippen LogP contribution >= 0.6 is 0 Å². The van der Waals surface area contributed by atoms with Gasteiger partial charge in [0, 0.05) is 17.1 Å². The molecule has 3 N–H and O–H groups in total. The molecule has 19 heavy (non-hydrogen) atoms. The van der Waals surface area contributed by atoms with Gasteiger partial charge in [-0.3, -0.25) is 9.59 Å². The van der Waals surface area contributed by atoms with Crippen molar-refractivity contribution in [2.75, 3.05) is 0 Å². The number of aromatic nitrogens is 1. The first kappa shape index (κ1) is 13.1. The third-order valence-corrected chi connectivity index (χ3v) is 3.02. The molecule has 0 radical (unpaired) electrons. The van der Waals surface area contributed by atoms with Crippen LogP contribution in [0.2, 0.25) is 0 Å². The van der Waals surface area contributed by atoms with Gasteiger partial charge in [0.2, 0.25) is 5.91 Å². The first-order valence-corrected chi connectivity index (χ1v) is 6.06. The van der Waals surface area contributed by atoms with E-state index in [1.165, 1.54) is 6.92 Å². The highest BCUT2D eigenvalue weighted by molar-refractivity contribution is 5.90. The minimum absolute atomic E-state index is 0.168. The second-order valence-electron chi connectivity index (χ2n) is 4.67. The monoisotopic (exact) mass is 260 g/mol.